The normalized spacial score (nSPS) is 40.8. The zero-order valence-corrected chi connectivity index (χ0v) is 12.9. The first-order chi connectivity index (χ1) is 9.32. The third-order valence-corrected chi connectivity index (χ3v) is 7.86. The lowest BCUT2D eigenvalue weighted by atomic mass is 9.48. The van der Waals surface area contributed by atoms with Gasteiger partial charge in [-0.05, 0) is 42.7 Å². The minimum atomic E-state index is -3.45. The molecule has 0 amide bonds. The lowest BCUT2D eigenvalue weighted by molar-refractivity contribution is -0.206. The van der Waals surface area contributed by atoms with Crippen molar-refractivity contribution < 1.29 is 13.5 Å². The van der Waals surface area contributed by atoms with Crippen molar-refractivity contribution in [3.05, 3.63) is 30.3 Å². The summed E-state index contributed by atoms with van der Waals surface area (Å²) in [4.78, 5) is 0.332. The summed E-state index contributed by atoms with van der Waals surface area (Å²) in [7, 11) is -3.45. The van der Waals surface area contributed by atoms with Gasteiger partial charge in [-0.2, -0.15) is 0 Å². The average Bonchev–Trinajstić information content (AvgIpc) is 2.43. The van der Waals surface area contributed by atoms with E-state index in [-0.39, 0.29) is 11.3 Å². The highest BCUT2D eigenvalue weighted by molar-refractivity contribution is 7.92. The Kier molecular flexibility index (Phi) is 3.04. The maximum absolute atomic E-state index is 12.8. The molecule has 2 aliphatic rings. The fourth-order valence-electron chi connectivity index (χ4n) is 4.34. The van der Waals surface area contributed by atoms with E-state index in [2.05, 4.69) is 0 Å². The Hall–Kier alpha value is -0.870. The van der Waals surface area contributed by atoms with E-state index in [1.807, 2.05) is 19.9 Å². The third-order valence-electron chi connectivity index (χ3n) is 5.66. The molecule has 0 radical (unpaired) electrons. The predicted molar refractivity (Wildman–Crippen MR) is 78.1 cm³/mol. The molecule has 1 aromatic rings. The summed E-state index contributed by atoms with van der Waals surface area (Å²) in [5, 5.41) is 10.5. The molecule has 2 saturated carbocycles. The second-order valence-corrected chi connectivity index (χ2v) is 8.86. The van der Waals surface area contributed by atoms with Crippen LogP contribution in [0.4, 0.5) is 0 Å². The summed E-state index contributed by atoms with van der Waals surface area (Å²) in [5.74, 6) is 0.0403. The molecule has 4 heteroatoms. The molecule has 0 saturated heterocycles. The van der Waals surface area contributed by atoms with E-state index < -0.39 is 20.7 Å². The van der Waals surface area contributed by atoms with Crippen molar-refractivity contribution in [3.63, 3.8) is 0 Å². The minimum absolute atomic E-state index is 0.0403. The number of aliphatic hydroxyl groups is 1. The molecule has 0 bridgehead atoms. The summed E-state index contributed by atoms with van der Waals surface area (Å²) in [6.45, 7) is 4.03. The van der Waals surface area contributed by atoms with Crippen LogP contribution in [0.25, 0.3) is 0 Å². The van der Waals surface area contributed by atoms with Crippen LogP contribution < -0.4 is 0 Å². The highest BCUT2D eigenvalue weighted by atomic mass is 32.2. The van der Waals surface area contributed by atoms with Gasteiger partial charge in [0.05, 0.1) is 15.7 Å². The van der Waals surface area contributed by atoms with E-state index in [1.165, 1.54) is 0 Å². The molecule has 110 valence electrons. The molecule has 20 heavy (non-hydrogen) atoms. The molecule has 1 aromatic carbocycles. The number of fused-ring (bicyclic) bond motifs is 1. The van der Waals surface area contributed by atoms with Crippen molar-refractivity contribution in [1.82, 2.24) is 0 Å². The molecular weight excluding hydrogens is 272 g/mol. The van der Waals surface area contributed by atoms with Crippen molar-refractivity contribution >= 4 is 9.84 Å². The second-order valence-electron chi connectivity index (χ2n) is 6.73. The lowest BCUT2D eigenvalue weighted by Crippen LogP contribution is -2.72. The smallest absolute Gasteiger partial charge is 0.184 e. The van der Waals surface area contributed by atoms with Crippen molar-refractivity contribution in [2.45, 2.75) is 55.3 Å². The van der Waals surface area contributed by atoms with Crippen LogP contribution in [0.3, 0.4) is 0 Å². The van der Waals surface area contributed by atoms with Crippen LogP contribution in [0.1, 0.15) is 39.5 Å². The molecule has 0 heterocycles. The Balaban J connectivity index is 2.01. The largest absolute Gasteiger partial charge is 0.388 e. The minimum Gasteiger partial charge on any atom is -0.388 e. The summed E-state index contributed by atoms with van der Waals surface area (Å²) >= 11 is 0. The quantitative estimate of drug-likeness (QED) is 0.912. The molecule has 3 nitrogen and oxygen atoms in total. The Morgan fingerprint density at radius 3 is 2.50 bits per heavy atom. The van der Waals surface area contributed by atoms with Crippen molar-refractivity contribution in [2.24, 2.45) is 11.3 Å². The Morgan fingerprint density at radius 1 is 1.25 bits per heavy atom. The lowest BCUT2D eigenvalue weighted by Gasteiger charge is -2.64. The Morgan fingerprint density at radius 2 is 1.90 bits per heavy atom. The fraction of sp³-hybridized carbons (Fsp3) is 0.625. The average molecular weight is 294 g/mol. The fourth-order valence-corrected chi connectivity index (χ4v) is 6.78. The molecule has 0 unspecified atom stereocenters. The van der Waals surface area contributed by atoms with E-state index >= 15 is 0 Å². The first-order valence-electron chi connectivity index (χ1n) is 7.34. The molecule has 0 aliphatic heterocycles. The summed E-state index contributed by atoms with van der Waals surface area (Å²) in [5.41, 5.74) is -1.31. The summed E-state index contributed by atoms with van der Waals surface area (Å²) < 4.78 is 25.6. The van der Waals surface area contributed by atoms with Gasteiger partial charge < -0.3 is 5.11 Å². The number of hydrogen-bond acceptors (Lipinski definition) is 3. The third kappa shape index (κ3) is 1.64. The van der Waals surface area contributed by atoms with Crippen molar-refractivity contribution in [2.75, 3.05) is 0 Å². The van der Waals surface area contributed by atoms with Gasteiger partial charge in [0.15, 0.2) is 9.84 Å². The van der Waals surface area contributed by atoms with Gasteiger partial charge in [0, 0.05) is 0 Å². The molecule has 2 aliphatic carbocycles. The second kappa shape index (κ2) is 4.31. The maximum Gasteiger partial charge on any atom is 0.184 e. The van der Waals surface area contributed by atoms with Crippen LogP contribution >= 0.6 is 0 Å². The van der Waals surface area contributed by atoms with Gasteiger partial charge in [0.25, 0.3) is 0 Å². The Labute approximate surface area is 120 Å². The van der Waals surface area contributed by atoms with Gasteiger partial charge in [-0.15, -0.1) is 0 Å². The summed E-state index contributed by atoms with van der Waals surface area (Å²) in [6.07, 6.45) is 3.49. The molecule has 1 N–H and O–H groups in total. The molecular formula is C16H22O3S. The van der Waals surface area contributed by atoms with Gasteiger partial charge in [0.1, 0.15) is 0 Å². The number of sulfone groups is 1. The van der Waals surface area contributed by atoms with E-state index in [0.29, 0.717) is 11.3 Å². The molecule has 4 atom stereocenters. The first-order valence-corrected chi connectivity index (χ1v) is 8.88. The highest BCUT2D eigenvalue weighted by Gasteiger charge is 2.69. The number of rotatable bonds is 2. The van der Waals surface area contributed by atoms with Gasteiger partial charge in [-0.3, -0.25) is 0 Å². The molecule has 2 fully saturated rings. The van der Waals surface area contributed by atoms with Gasteiger partial charge in [-0.1, -0.05) is 38.5 Å². The van der Waals surface area contributed by atoms with E-state index in [0.717, 1.165) is 19.3 Å². The molecule has 0 spiro atoms. The van der Waals surface area contributed by atoms with Crippen LogP contribution in [0.15, 0.2) is 35.2 Å². The predicted octanol–water partition coefficient (Wildman–Crippen LogP) is 2.79. The zero-order valence-electron chi connectivity index (χ0n) is 12.0. The van der Waals surface area contributed by atoms with E-state index in [9.17, 15) is 13.5 Å². The van der Waals surface area contributed by atoms with Crippen LogP contribution in [0, 0.1) is 11.3 Å². The monoisotopic (exact) mass is 294 g/mol. The maximum atomic E-state index is 12.8. The standard InChI is InChI=1S/C16H22O3S/c1-12-7-6-10-15(2)11-14(16(12,15)17)20(18,19)13-8-4-3-5-9-13/h3-5,8-9,12,14,17H,6-7,10-11H2,1-2H3/t12-,14-,15-,16-/m0/s1. The van der Waals surface area contributed by atoms with Crippen molar-refractivity contribution in [3.8, 4) is 0 Å². The molecule has 0 aromatic heterocycles. The van der Waals surface area contributed by atoms with Gasteiger partial charge in [-0.25, -0.2) is 8.42 Å². The SMILES string of the molecule is C[C@H]1CCC[C@@]2(C)C[C@H](S(=O)(=O)c3ccccc3)[C@@]12O. The topological polar surface area (TPSA) is 54.4 Å². The van der Waals surface area contributed by atoms with E-state index in [1.54, 1.807) is 24.3 Å². The van der Waals surface area contributed by atoms with E-state index in [4.69, 9.17) is 0 Å². The number of benzene rings is 1. The van der Waals surface area contributed by atoms with Crippen molar-refractivity contribution in [1.29, 1.82) is 0 Å². The van der Waals surface area contributed by atoms with Crippen LogP contribution in [-0.2, 0) is 9.84 Å². The van der Waals surface area contributed by atoms with Crippen LogP contribution in [-0.4, -0.2) is 24.4 Å². The number of hydrogen-bond donors (Lipinski definition) is 1. The van der Waals surface area contributed by atoms with Gasteiger partial charge >= 0.3 is 0 Å². The van der Waals surface area contributed by atoms with Crippen LogP contribution in [0.2, 0.25) is 0 Å². The first kappa shape index (κ1) is 14.1. The van der Waals surface area contributed by atoms with Gasteiger partial charge in [0.2, 0.25) is 0 Å². The Bertz CT molecular complexity index is 610. The highest BCUT2D eigenvalue weighted by Crippen LogP contribution is 2.63. The zero-order chi connectivity index (χ0) is 14.6. The summed E-state index contributed by atoms with van der Waals surface area (Å²) in [6, 6.07) is 8.53. The molecule has 3 rings (SSSR count). The van der Waals surface area contributed by atoms with Crippen LogP contribution in [0.5, 0.6) is 0 Å².